The average molecular weight is 391 g/mol. The molecule has 0 spiro atoms. The van der Waals surface area contributed by atoms with Gasteiger partial charge < -0.3 is 15.8 Å². The topological polar surface area (TPSA) is 111 Å². The highest BCUT2D eigenvalue weighted by atomic mass is 32.2. The van der Waals surface area contributed by atoms with Crippen LogP contribution in [-0.4, -0.2) is 28.0 Å². The van der Waals surface area contributed by atoms with Crippen molar-refractivity contribution in [3.8, 4) is 5.75 Å². The fourth-order valence-electron chi connectivity index (χ4n) is 2.48. The monoisotopic (exact) mass is 391 g/mol. The van der Waals surface area contributed by atoms with Crippen LogP contribution < -0.4 is 20.5 Å². The molecule has 8 heteroatoms. The Labute approximate surface area is 160 Å². The van der Waals surface area contributed by atoms with Crippen LogP contribution in [0.4, 0.5) is 5.69 Å². The molecule has 0 aliphatic rings. The molecule has 7 nitrogen and oxygen atoms in total. The van der Waals surface area contributed by atoms with Crippen molar-refractivity contribution in [2.24, 2.45) is 0 Å². The van der Waals surface area contributed by atoms with Crippen LogP contribution in [0, 0.1) is 0 Å². The number of ether oxygens (including phenoxy) is 1. The number of carbonyl (C=O) groups is 1. The molecule has 0 saturated heterocycles. The molecule has 27 heavy (non-hydrogen) atoms. The molecule has 4 N–H and O–H groups in total. The van der Waals surface area contributed by atoms with Gasteiger partial charge in [-0.1, -0.05) is 19.1 Å². The minimum atomic E-state index is -3.67. The van der Waals surface area contributed by atoms with Gasteiger partial charge in [-0.2, -0.15) is 0 Å². The molecule has 0 aliphatic carbocycles. The Morgan fingerprint density at radius 3 is 2.48 bits per heavy atom. The zero-order chi connectivity index (χ0) is 19.9. The van der Waals surface area contributed by atoms with Crippen LogP contribution in [0.5, 0.6) is 5.75 Å². The van der Waals surface area contributed by atoms with Crippen LogP contribution in [0.1, 0.15) is 24.5 Å². The van der Waals surface area contributed by atoms with Gasteiger partial charge in [-0.05, 0) is 42.3 Å². The standard InChI is InChI=1S/C19H25N3O4S/c1-3-19(23)21-13-15-12-17(8-9-18(15)26-2)27(24,25)22-11-10-14-4-6-16(20)7-5-14/h4-9,12,22H,3,10-11,13,20H2,1-2H3,(H,21,23). The van der Waals surface area contributed by atoms with Gasteiger partial charge in [0.2, 0.25) is 15.9 Å². The SMILES string of the molecule is CCC(=O)NCc1cc(S(=O)(=O)NCCc2ccc(N)cc2)ccc1OC. The molecule has 0 unspecified atom stereocenters. The number of nitrogens with two attached hydrogens (primary N) is 1. The summed E-state index contributed by atoms with van der Waals surface area (Å²) < 4.78 is 33.0. The molecule has 2 aromatic carbocycles. The third-order valence-corrected chi connectivity index (χ3v) is 5.50. The summed E-state index contributed by atoms with van der Waals surface area (Å²) >= 11 is 0. The van der Waals surface area contributed by atoms with Gasteiger partial charge in [-0.15, -0.1) is 0 Å². The van der Waals surface area contributed by atoms with Gasteiger partial charge in [-0.25, -0.2) is 13.1 Å². The molecule has 0 atom stereocenters. The first kappa shape index (κ1) is 20.7. The molecular formula is C19H25N3O4S. The summed E-state index contributed by atoms with van der Waals surface area (Å²) in [5, 5.41) is 2.73. The first-order valence-electron chi connectivity index (χ1n) is 8.63. The Bertz CT molecular complexity index is 880. The van der Waals surface area contributed by atoms with Crippen molar-refractivity contribution in [1.82, 2.24) is 10.0 Å². The van der Waals surface area contributed by atoms with Crippen molar-refractivity contribution in [3.63, 3.8) is 0 Å². The molecule has 0 aliphatic heterocycles. The molecular weight excluding hydrogens is 366 g/mol. The lowest BCUT2D eigenvalue weighted by molar-refractivity contribution is -0.120. The number of hydrogen-bond acceptors (Lipinski definition) is 5. The Morgan fingerprint density at radius 1 is 1.15 bits per heavy atom. The van der Waals surface area contributed by atoms with E-state index in [-0.39, 0.29) is 23.9 Å². The number of methoxy groups -OCH3 is 1. The number of hydrogen-bond donors (Lipinski definition) is 3. The lowest BCUT2D eigenvalue weighted by Gasteiger charge is -2.13. The Morgan fingerprint density at radius 2 is 1.85 bits per heavy atom. The summed E-state index contributed by atoms with van der Waals surface area (Å²) in [5.74, 6) is 0.402. The fourth-order valence-corrected chi connectivity index (χ4v) is 3.56. The summed E-state index contributed by atoms with van der Waals surface area (Å²) in [6.07, 6.45) is 0.905. The van der Waals surface area contributed by atoms with Gasteiger partial charge in [0.25, 0.3) is 0 Å². The number of sulfonamides is 1. The second-order valence-electron chi connectivity index (χ2n) is 5.99. The van der Waals surface area contributed by atoms with Crippen molar-refractivity contribution in [1.29, 1.82) is 0 Å². The smallest absolute Gasteiger partial charge is 0.240 e. The summed E-state index contributed by atoms with van der Waals surface area (Å²) in [6, 6.07) is 11.9. The lowest BCUT2D eigenvalue weighted by atomic mass is 10.1. The van der Waals surface area contributed by atoms with Crippen LogP contribution in [0.2, 0.25) is 0 Å². The predicted octanol–water partition coefficient (Wildman–Crippen LogP) is 1.82. The van der Waals surface area contributed by atoms with Gasteiger partial charge in [0.15, 0.2) is 0 Å². The van der Waals surface area contributed by atoms with E-state index in [1.54, 1.807) is 25.1 Å². The normalized spacial score (nSPS) is 11.2. The number of amides is 1. The van der Waals surface area contributed by atoms with Crippen LogP contribution in [0.3, 0.4) is 0 Å². The van der Waals surface area contributed by atoms with E-state index in [9.17, 15) is 13.2 Å². The van der Waals surface area contributed by atoms with Crippen LogP contribution in [0.15, 0.2) is 47.4 Å². The molecule has 0 radical (unpaired) electrons. The number of benzene rings is 2. The number of nitrogens with one attached hydrogen (secondary N) is 2. The second kappa shape index (κ2) is 9.38. The molecule has 1 amide bonds. The third kappa shape index (κ3) is 5.97. The molecule has 0 fully saturated rings. The number of carbonyl (C=O) groups excluding carboxylic acids is 1. The van der Waals surface area contributed by atoms with Crippen molar-refractivity contribution in [3.05, 3.63) is 53.6 Å². The predicted molar refractivity (Wildman–Crippen MR) is 105 cm³/mol. The zero-order valence-corrected chi connectivity index (χ0v) is 16.3. The maximum Gasteiger partial charge on any atom is 0.240 e. The highest BCUT2D eigenvalue weighted by molar-refractivity contribution is 7.89. The number of rotatable bonds is 9. The van der Waals surface area contributed by atoms with Gasteiger partial charge >= 0.3 is 0 Å². The third-order valence-electron chi connectivity index (χ3n) is 4.04. The molecule has 0 heterocycles. The molecule has 0 aromatic heterocycles. The maximum absolute atomic E-state index is 12.6. The molecule has 0 bridgehead atoms. The molecule has 0 saturated carbocycles. The van der Waals surface area contributed by atoms with Gasteiger partial charge in [-0.3, -0.25) is 4.79 Å². The summed E-state index contributed by atoms with van der Waals surface area (Å²) in [6.45, 7) is 2.21. The van der Waals surface area contributed by atoms with E-state index >= 15 is 0 Å². The second-order valence-corrected chi connectivity index (χ2v) is 7.76. The van der Waals surface area contributed by atoms with Crippen LogP contribution >= 0.6 is 0 Å². The highest BCUT2D eigenvalue weighted by Gasteiger charge is 2.16. The Balaban J connectivity index is 2.07. The van der Waals surface area contributed by atoms with Gasteiger partial charge in [0, 0.05) is 30.8 Å². The first-order valence-corrected chi connectivity index (χ1v) is 10.1. The highest BCUT2D eigenvalue weighted by Crippen LogP contribution is 2.22. The van der Waals surface area contributed by atoms with Crippen molar-refractivity contribution < 1.29 is 17.9 Å². The molecule has 2 aromatic rings. The lowest BCUT2D eigenvalue weighted by Crippen LogP contribution is -2.26. The Hall–Kier alpha value is -2.58. The van der Waals surface area contributed by atoms with E-state index in [4.69, 9.17) is 10.5 Å². The number of anilines is 1. The largest absolute Gasteiger partial charge is 0.496 e. The first-order chi connectivity index (χ1) is 12.9. The zero-order valence-electron chi connectivity index (χ0n) is 15.5. The van der Waals surface area contributed by atoms with E-state index in [0.717, 1.165) is 5.56 Å². The quantitative estimate of drug-likeness (QED) is 0.565. The number of nitrogen functional groups attached to an aromatic ring is 1. The van der Waals surface area contributed by atoms with Crippen LogP contribution in [0.25, 0.3) is 0 Å². The summed E-state index contributed by atoms with van der Waals surface area (Å²) in [7, 11) is -2.17. The van der Waals surface area contributed by atoms with Crippen molar-refractivity contribution in [2.45, 2.75) is 31.2 Å². The van der Waals surface area contributed by atoms with Crippen LogP contribution in [-0.2, 0) is 27.8 Å². The van der Waals surface area contributed by atoms with E-state index in [2.05, 4.69) is 10.0 Å². The minimum absolute atomic E-state index is 0.119. The van der Waals surface area contributed by atoms with E-state index in [1.807, 2.05) is 12.1 Å². The summed E-state index contributed by atoms with van der Waals surface area (Å²) in [4.78, 5) is 11.6. The van der Waals surface area contributed by atoms with Crippen molar-refractivity contribution in [2.75, 3.05) is 19.4 Å². The van der Waals surface area contributed by atoms with Gasteiger partial charge in [0.1, 0.15) is 5.75 Å². The van der Waals surface area contributed by atoms with E-state index < -0.39 is 10.0 Å². The average Bonchev–Trinajstić information content (AvgIpc) is 2.67. The molecule has 146 valence electrons. The van der Waals surface area contributed by atoms with Gasteiger partial charge in [0.05, 0.1) is 12.0 Å². The Kier molecular flexibility index (Phi) is 7.20. The van der Waals surface area contributed by atoms with E-state index in [1.165, 1.54) is 19.2 Å². The summed E-state index contributed by atoms with van der Waals surface area (Å²) in [5.41, 5.74) is 7.90. The van der Waals surface area contributed by atoms with Crippen molar-refractivity contribution >= 4 is 21.6 Å². The van der Waals surface area contributed by atoms with E-state index in [0.29, 0.717) is 29.8 Å². The molecule has 2 rings (SSSR count). The minimum Gasteiger partial charge on any atom is -0.496 e. The fraction of sp³-hybridized carbons (Fsp3) is 0.316. The maximum atomic E-state index is 12.6.